The number of hydrogen-bond acceptors (Lipinski definition) is 3. The number of aromatic nitrogens is 3. The standard InChI is InChI=1S/C63H61N3O/c1-60(2,3)44-29-30-55(48(34-44)40-23-16-13-17-24-40)66-56-28-20-26-46(57(56)65-59(66)50-35-45(61(4,5)6)36-52(58(50)67)62(7,8)9)42-31-41(39-21-14-12-15-22-39)32-43(33-42)54-37-49-47-25-18-19-27-51(47)63(10,11)53(49)38-64-54/h12-38,67H,1-11H3. The first-order chi connectivity index (χ1) is 31.8. The fourth-order valence-electron chi connectivity index (χ4n) is 10.1. The van der Waals surface area contributed by atoms with Crippen LogP contribution >= 0.6 is 0 Å². The first-order valence-corrected chi connectivity index (χ1v) is 23.7. The highest BCUT2D eigenvalue weighted by molar-refractivity contribution is 5.99. The Morgan fingerprint density at radius 1 is 0.463 bits per heavy atom. The summed E-state index contributed by atoms with van der Waals surface area (Å²) in [6.07, 6.45) is 2.09. The predicted octanol–water partition coefficient (Wildman–Crippen LogP) is 16.7. The molecule has 67 heavy (non-hydrogen) atoms. The molecule has 2 heterocycles. The Kier molecular flexibility index (Phi) is 10.3. The second-order valence-electron chi connectivity index (χ2n) is 22.2. The highest BCUT2D eigenvalue weighted by Crippen LogP contribution is 2.50. The Morgan fingerprint density at radius 3 is 1.76 bits per heavy atom. The van der Waals surface area contributed by atoms with Gasteiger partial charge < -0.3 is 5.11 Å². The molecule has 0 atom stereocenters. The van der Waals surface area contributed by atoms with Crippen molar-refractivity contribution in [3.05, 3.63) is 192 Å². The molecule has 0 saturated heterocycles. The molecule has 334 valence electrons. The Labute approximate surface area is 397 Å². The molecule has 1 aliphatic carbocycles. The van der Waals surface area contributed by atoms with Gasteiger partial charge in [0, 0.05) is 33.9 Å². The van der Waals surface area contributed by atoms with Crippen molar-refractivity contribution < 1.29 is 5.11 Å². The largest absolute Gasteiger partial charge is 0.507 e. The Balaban J connectivity index is 1.28. The van der Waals surface area contributed by atoms with E-state index in [-0.39, 0.29) is 27.4 Å². The quantitative estimate of drug-likeness (QED) is 0.181. The molecule has 7 aromatic carbocycles. The fourth-order valence-corrected chi connectivity index (χ4v) is 10.1. The monoisotopic (exact) mass is 875 g/mol. The maximum atomic E-state index is 12.6. The number of para-hydroxylation sites is 1. The molecule has 0 fully saturated rings. The van der Waals surface area contributed by atoms with Crippen molar-refractivity contribution in [2.75, 3.05) is 0 Å². The number of rotatable bonds is 6. The molecule has 9 aromatic rings. The second kappa shape index (κ2) is 15.8. The van der Waals surface area contributed by atoms with Crippen LogP contribution in [0.1, 0.15) is 104 Å². The van der Waals surface area contributed by atoms with Gasteiger partial charge in [0.15, 0.2) is 0 Å². The lowest BCUT2D eigenvalue weighted by Crippen LogP contribution is -2.17. The van der Waals surface area contributed by atoms with E-state index >= 15 is 0 Å². The predicted molar refractivity (Wildman–Crippen MR) is 281 cm³/mol. The molecule has 0 amide bonds. The van der Waals surface area contributed by atoms with Crippen molar-refractivity contribution in [3.8, 4) is 78.6 Å². The SMILES string of the molecule is CC(C)(C)c1ccc(-n2c(-c3cc(C(C)(C)C)cc(C(C)(C)C)c3O)nc3c(-c4cc(-c5ccccc5)cc(-c5cc6c(cn5)C(C)(C)c5ccccc5-6)c4)cccc32)c(-c2ccccc2)c1. The maximum Gasteiger partial charge on any atom is 0.149 e. The lowest BCUT2D eigenvalue weighted by molar-refractivity contribution is 0.446. The molecule has 2 aromatic heterocycles. The zero-order valence-electron chi connectivity index (χ0n) is 40.9. The molecular formula is C63H61N3O. The minimum Gasteiger partial charge on any atom is -0.507 e. The Bertz CT molecular complexity index is 3370. The summed E-state index contributed by atoms with van der Waals surface area (Å²) < 4.78 is 2.30. The molecule has 4 heteroatoms. The number of imidazole rings is 1. The summed E-state index contributed by atoms with van der Waals surface area (Å²) in [6, 6.07) is 56.9. The van der Waals surface area contributed by atoms with Crippen molar-refractivity contribution in [2.24, 2.45) is 0 Å². The van der Waals surface area contributed by atoms with E-state index in [0.717, 1.165) is 72.5 Å². The molecule has 10 rings (SSSR count). The number of hydrogen-bond donors (Lipinski definition) is 1. The van der Waals surface area contributed by atoms with Gasteiger partial charge in [-0.15, -0.1) is 0 Å². The van der Waals surface area contributed by atoms with E-state index in [1.54, 1.807) is 0 Å². The zero-order chi connectivity index (χ0) is 47.2. The van der Waals surface area contributed by atoms with Crippen LogP contribution in [-0.2, 0) is 21.7 Å². The number of phenolic OH excluding ortho intramolecular Hbond substituents is 1. The van der Waals surface area contributed by atoms with Crippen molar-refractivity contribution >= 4 is 11.0 Å². The maximum absolute atomic E-state index is 12.6. The second-order valence-corrected chi connectivity index (χ2v) is 22.2. The van der Waals surface area contributed by atoms with Gasteiger partial charge in [0.2, 0.25) is 0 Å². The van der Waals surface area contributed by atoms with E-state index in [9.17, 15) is 5.11 Å². The first kappa shape index (κ1) is 43.8. The molecule has 1 N–H and O–H groups in total. The van der Waals surface area contributed by atoms with Gasteiger partial charge in [0.1, 0.15) is 11.6 Å². The minimum absolute atomic E-state index is 0.0786. The minimum atomic E-state index is -0.330. The van der Waals surface area contributed by atoms with Gasteiger partial charge in [-0.3, -0.25) is 9.55 Å². The summed E-state index contributed by atoms with van der Waals surface area (Å²) in [7, 11) is 0. The zero-order valence-corrected chi connectivity index (χ0v) is 40.9. The highest BCUT2D eigenvalue weighted by atomic mass is 16.3. The smallest absolute Gasteiger partial charge is 0.149 e. The average molecular weight is 876 g/mol. The van der Waals surface area contributed by atoms with E-state index in [4.69, 9.17) is 9.97 Å². The van der Waals surface area contributed by atoms with Crippen LogP contribution in [0.5, 0.6) is 5.75 Å². The van der Waals surface area contributed by atoms with Crippen molar-refractivity contribution in [1.29, 1.82) is 0 Å². The lowest BCUT2D eigenvalue weighted by Gasteiger charge is -2.28. The van der Waals surface area contributed by atoms with Gasteiger partial charge in [-0.1, -0.05) is 185 Å². The molecule has 0 bridgehead atoms. The summed E-state index contributed by atoms with van der Waals surface area (Å²) in [5.74, 6) is 0.949. The molecule has 0 aliphatic heterocycles. The normalized spacial score (nSPS) is 13.5. The summed E-state index contributed by atoms with van der Waals surface area (Å²) >= 11 is 0. The lowest BCUT2D eigenvalue weighted by atomic mass is 9.79. The van der Waals surface area contributed by atoms with Gasteiger partial charge >= 0.3 is 0 Å². The summed E-state index contributed by atoms with van der Waals surface area (Å²) in [6.45, 7) is 24.6. The van der Waals surface area contributed by atoms with Crippen LogP contribution < -0.4 is 0 Å². The van der Waals surface area contributed by atoms with E-state index in [2.05, 4.69) is 245 Å². The van der Waals surface area contributed by atoms with Crippen LogP contribution in [0.15, 0.2) is 164 Å². The Morgan fingerprint density at radius 2 is 1.07 bits per heavy atom. The molecule has 4 nitrogen and oxygen atoms in total. The topological polar surface area (TPSA) is 50.9 Å². The molecule has 1 aliphatic rings. The van der Waals surface area contributed by atoms with Gasteiger partial charge in [0.05, 0.1) is 28.0 Å². The van der Waals surface area contributed by atoms with Crippen molar-refractivity contribution in [3.63, 3.8) is 0 Å². The molecular weight excluding hydrogens is 815 g/mol. The Hall–Kier alpha value is -7.04. The van der Waals surface area contributed by atoms with E-state index < -0.39 is 0 Å². The number of aromatic hydroxyl groups is 1. The van der Waals surface area contributed by atoms with Crippen molar-refractivity contribution in [2.45, 2.75) is 97.8 Å². The molecule has 0 spiro atoms. The van der Waals surface area contributed by atoms with Crippen LogP contribution in [0.2, 0.25) is 0 Å². The van der Waals surface area contributed by atoms with Gasteiger partial charge in [0.25, 0.3) is 0 Å². The third kappa shape index (κ3) is 7.67. The number of pyridine rings is 1. The van der Waals surface area contributed by atoms with Crippen LogP contribution in [0, 0.1) is 0 Å². The molecule has 0 saturated carbocycles. The van der Waals surface area contributed by atoms with Crippen LogP contribution in [0.25, 0.3) is 83.9 Å². The fraction of sp³-hybridized carbons (Fsp3) is 0.238. The van der Waals surface area contributed by atoms with Crippen molar-refractivity contribution in [1.82, 2.24) is 14.5 Å². The first-order valence-electron chi connectivity index (χ1n) is 23.7. The third-order valence-electron chi connectivity index (χ3n) is 14.0. The third-order valence-corrected chi connectivity index (χ3v) is 14.0. The van der Waals surface area contributed by atoms with E-state index in [1.807, 2.05) is 0 Å². The highest BCUT2D eigenvalue weighted by Gasteiger charge is 2.36. The van der Waals surface area contributed by atoms with Gasteiger partial charge in [-0.2, -0.15) is 0 Å². The number of phenols is 1. The van der Waals surface area contributed by atoms with Gasteiger partial charge in [-0.05, 0) is 120 Å². The van der Waals surface area contributed by atoms with Crippen LogP contribution in [-0.4, -0.2) is 19.6 Å². The summed E-state index contributed by atoms with van der Waals surface area (Å²) in [4.78, 5) is 10.9. The van der Waals surface area contributed by atoms with Gasteiger partial charge in [-0.25, -0.2) is 4.98 Å². The molecule has 0 radical (unpaired) electrons. The number of fused-ring (bicyclic) bond motifs is 4. The summed E-state index contributed by atoms with van der Waals surface area (Å²) in [5.41, 5.74) is 19.6. The number of nitrogens with zero attached hydrogens (tertiary/aromatic N) is 3. The van der Waals surface area contributed by atoms with E-state index in [1.165, 1.54) is 27.8 Å². The molecule has 0 unspecified atom stereocenters. The summed E-state index contributed by atoms with van der Waals surface area (Å²) in [5, 5.41) is 12.6. The van der Waals surface area contributed by atoms with Crippen LogP contribution in [0.4, 0.5) is 0 Å². The van der Waals surface area contributed by atoms with Crippen LogP contribution in [0.3, 0.4) is 0 Å². The van der Waals surface area contributed by atoms with E-state index in [0.29, 0.717) is 11.4 Å². The number of benzene rings is 7. The average Bonchev–Trinajstić information content (AvgIpc) is 3.80.